The molecule has 0 heterocycles. The van der Waals surface area contributed by atoms with Gasteiger partial charge in [0.2, 0.25) is 5.91 Å². The third-order valence-corrected chi connectivity index (χ3v) is 4.37. The first-order chi connectivity index (χ1) is 10.6. The van der Waals surface area contributed by atoms with Crippen molar-refractivity contribution in [1.82, 2.24) is 5.32 Å². The van der Waals surface area contributed by atoms with E-state index < -0.39 is 12.0 Å². The predicted octanol–water partition coefficient (Wildman–Crippen LogP) is 3.27. The van der Waals surface area contributed by atoms with Gasteiger partial charge in [0.15, 0.2) is 0 Å². The maximum Gasteiger partial charge on any atom is 0.305 e. The highest BCUT2D eigenvalue weighted by atomic mass is 16.4. The van der Waals surface area contributed by atoms with Gasteiger partial charge in [-0.05, 0) is 29.2 Å². The fraction of sp³-hybridized carbons (Fsp3) is 0.333. The van der Waals surface area contributed by atoms with Crippen LogP contribution in [0.5, 0.6) is 0 Å². The van der Waals surface area contributed by atoms with E-state index in [2.05, 4.69) is 5.32 Å². The average Bonchev–Trinajstić information content (AvgIpc) is 2.43. The van der Waals surface area contributed by atoms with E-state index in [1.807, 2.05) is 42.5 Å². The van der Waals surface area contributed by atoms with E-state index in [9.17, 15) is 14.7 Å². The number of amides is 1. The molecular formula is C18H19NO3. The summed E-state index contributed by atoms with van der Waals surface area (Å²) in [5.74, 6) is -0.886. The summed E-state index contributed by atoms with van der Waals surface area (Å²) in [5.41, 5.74) is 0.869. The highest BCUT2D eigenvalue weighted by molar-refractivity contribution is 5.88. The number of fused-ring (bicyclic) bond motifs is 1. The Balaban J connectivity index is 1.92. The van der Waals surface area contributed by atoms with Crippen LogP contribution < -0.4 is 5.32 Å². The minimum absolute atomic E-state index is 0.0227. The van der Waals surface area contributed by atoms with Gasteiger partial charge in [0, 0.05) is 5.92 Å². The van der Waals surface area contributed by atoms with Crippen LogP contribution in [0.3, 0.4) is 0 Å². The molecule has 2 aromatic carbocycles. The normalized spacial score (nSPS) is 16.0. The molecule has 2 N–H and O–H groups in total. The second-order valence-electron chi connectivity index (χ2n) is 5.86. The molecule has 0 aromatic heterocycles. The molecule has 0 bridgehead atoms. The van der Waals surface area contributed by atoms with Crippen molar-refractivity contribution in [2.24, 2.45) is 5.92 Å². The number of rotatable bonds is 5. The smallest absolute Gasteiger partial charge is 0.305 e. The van der Waals surface area contributed by atoms with Gasteiger partial charge >= 0.3 is 5.97 Å². The maximum absolute atomic E-state index is 12.2. The van der Waals surface area contributed by atoms with Crippen LogP contribution in [0.4, 0.5) is 0 Å². The summed E-state index contributed by atoms with van der Waals surface area (Å²) < 4.78 is 0. The molecule has 22 heavy (non-hydrogen) atoms. The molecule has 1 amide bonds. The van der Waals surface area contributed by atoms with Crippen molar-refractivity contribution in [1.29, 1.82) is 0 Å². The molecule has 1 aliphatic carbocycles. The number of aliphatic carboxylic acids is 1. The molecule has 114 valence electrons. The third kappa shape index (κ3) is 2.96. The van der Waals surface area contributed by atoms with E-state index >= 15 is 0 Å². The topological polar surface area (TPSA) is 66.4 Å². The van der Waals surface area contributed by atoms with E-state index in [0.29, 0.717) is 0 Å². The van der Waals surface area contributed by atoms with Gasteiger partial charge in [-0.3, -0.25) is 9.59 Å². The first kappa shape index (κ1) is 14.6. The van der Waals surface area contributed by atoms with Gasteiger partial charge in [-0.25, -0.2) is 0 Å². The molecule has 0 unspecified atom stereocenters. The summed E-state index contributed by atoms with van der Waals surface area (Å²) in [7, 11) is 0. The molecule has 1 atom stereocenters. The average molecular weight is 297 g/mol. The van der Waals surface area contributed by atoms with Crippen LogP contribution in [0.15, 0.2) is 42.5 Å². The Bertz CT molecular complexity index is 701. The first-order valence-electron chi connectivity index (χ1n) is 7.65. The molecule has 2 aromatic rings. The largest absolute Gasteiger partial charge is 0.481 e. The number of carboxylic acid groups (broad SMARTS) is 1. The van der Waals surface area contributed by atoms with Crippen molar-refractivity contribution in [3.63, 3.8) is 0 Å². The minimum Gasteiger partial charge on any atom is -0.481 e. The van der Waals surface area contributed by atoms with Crippen molar-refractivity contribution in [3.05, 3.63) is 48.0 Å². The van der Waals surface area contributed by atoms with Crippen LogP contribution in [0.25, 0.3) is 10.8 Å². The Labute approximate surface area is 129 Å². The molecule has 0 radical (unpaired) electrons. The molecule has 4 heteroatoms. The van der Waals surface area contributed by atoms with E-state index in [-0.39, 0.29) is 18.2 Å². The van der Waals surface area contributed by atoms with E-state index in [4.69, 9.17) is 0 Å². The van der Waals surface area contributed by atoms with Crippen LogP contribution >= 0.6 is 0 Å². The highest BCUT2D eigenvalue weighted by Crippen LogP contribution is 2.30. The van der Waals surface area contributed by atoms with Gasteiger partial charge in [-0.2, -0.15) is 0 Å². The van der Waals surface area contributed by atoms with Crippen LogP contribution in [0.2, 0.25) is 0 Å². The summed E-state index contributed by atoms with van der Waals surface area (Å²) in [6, 6.07) is 13.1. The van der Waals surface area contributed by atoms with Crippen molar-refractivity contribution in [3.8, 4) is 0 Å². The predicted molar refractivity (Wildman–Crippen MR) is 84.4 cm³/mol. The zero-order valence-corrected chi connectivity index (χ0v) is 12.3. The lowest BCUT2D eigenvalue weighted by molar-refractivity contribution is -0.138. The number of carboxylic acids is 1. The fourth-order valence-electron chi connectivity index (χ4n) is 2.93. The number of benzene rings is 2. The van der Waals surface area contributed by atoms with Crippen LogP contribution in [-0.2, 0) is 9.59 Å². The monoisotopic (exact) mass is 297 g/mol. The molecule has 4 nitrogen and oxygen atoms in total. The van der Waals surface area contributed by atoms with Crippen molar-refractivity contribution in [2.45, 2.75) is 31.7 Å². The number of hydrogen-bond acceptors (Lipinski definition) is 2. The third-order valence-electron chi connectivity index (χ3n) is 4.37. The van der Waals surface area contributed by atoms with Gasteiger partial charge in [0.05, 0.1) is 12.5 Å². The van der Waals surface area contributed by atoms with Gasteiger partial charge in [-0.15, -0.1) is 0 Å². The van der Waals surface area contributed by atoms with Crippen LogP contribution in [-0.4, -0.2) is 17.0 Å². The molecule has 1 saturated carbocycles. The summed E-state index contributed by atoms with van der Waals surface area (Å²) in [4.78, 5) is 23.4. The zero-order chi connectivity index (χ0) is 15.5. The van der Waals surface area contributed by atoms with E-state index in [1.54, 1.807) is 0 Å². The fourth-order valence-corrected chi connectivity index (χ4v) is 2.93. The zero-order valence-electron chi connectivity index (χ0n) is 12.3. The lowest BCUT2D eigenvalue weighted by Crippen LogP contribution is -2.37. The van der Waals surface area contributed by atoms with Crippen molar-refractivity contribution in [2.75, 3.05) is 0 Å². The second kappa shape index (κ2) is 6.18. The molecular weight excluding hydrogens is 278 g/mol. The Hall–Kier alpha value is -2.36. The van der Waals surface area contributed by atoms with Crippen molar-refractivity contribution >= 4 is 22.6 Å². The van der Waals surface area contributed by atoms with Crippen molar-refractivity contribution < 1.29 is 14.7 Å². The summed E-state index contributed by atoms with van der Waals surface area (Å²) in [5, 5.41) is 14.2. The molecule has 3 rings (SSSR count). The quantitative estimate of drug-likeness (QED) is 0.890. The SMILES string of the molecule is O=C(O)C[C@@H](NC(=O)C1CCC1)c1cccc2ccccc12. The molecule has 0 aliphatic heterocycles. The van der Waals surface area contributed by atoms with Gasteiger partial charge in [0.1, 0.15) is 0 Å². The molecule has 1 fully saturated rings. The lowest BCUT2D eigenvalue weighted by atomic mass is 9.84. The van der Waals surface area contributed by atoms with Gasteiger partial charge in [0.25, 0.3) is 0 Å². The summed E-state index contributed by atoms with van der Waals surface area (Å²) in [6.07, 6.45) is 2.78. The Morgan fingerprint density at radius 2 is 1.86 bits per heavy atom. The Morgan fingerprint density at radius 3 is 2.55 bits per heavy atom. The van der Waals surface area contributed by atoms with Crippen LogP contribution in [0.1, 0.15) is 37.3 Å². The number of carbonyl (C=O) groups excluding carboxylic acids is 1. The number of nitrogens with one attached hydrogen (secondary N) is 1. The lowest BCUT2D eigenvalue weighted by Gasteiger charge is -2.27. The maximum atomic E-state index is 12.2. The summed E-state index contributed by atoms with van der Waals surface area (Å²) >= 11 is 0. The van der Waals surface area contributed by atoms with Gasteiger partial charge < -0.3 is 10.4 Å². The second-order valence-corrected chi connectivity index (χ2v) is 5.86. The standard InChI is InChI=1S/C18H19NO3/c20-17(21)11-16(19-18(22)13-7-3-8-13)15-10-4-6-12-5-1-2-9-14(12)15/h1-2,4-6,9-10,13,16H,3,7-8,11H2,(H,19,22)(H,20,21)/t16-/m1/s1. The Kier molecular flexibility index (Phi) is 4.09. The molecule has 0 saturated heterocycles. The molecule has 0 spiro atoms. The number of hydrogen-bond donors (Lipinski definition) is 2. The minimum atomic E-state index is -0.910. The summed E-state index contributed by atoms with van der Waals surface area (Å²) in [6.45, 7) is 0. The molecule has 1 aliphatic rings. The van der Waals surface area contributed by atoms with E-state index in [0.717, 1.165) is 35.6 Å². The number of carbonyl (C=O) groups is 2. The van der Waals surface area contributed by atoms with E-state index in [1.165, 1.54) is 0 Å². The first-order valence-corrected chi connectivity index (χ1v) is 7.65. The van der Waals surface area contributed by atoms with Gasteiger partial charge in [-0.1, -0.05) is 48.9 Å². The van der Waals surface area contributed by atoms with Crippen LogP contribution in [0, 0.1) is 5.92 Å². The highest BCUT2D eigenvalue weighted by Gasteiger charge is 2.28. The Morgan fingerprint density at radius 1 is 1.14 bits per heavy atom.